The van der Waals surface area contributed by atoms with Gasteiger partial charge in [-0.2, -0.15) is 0 Å². The van der Waals surface area contributed by atoms with Crippen molar-refractivity contribution < 1.29 is 4.39 Å². The smallest absolute Gasteiger partial charge is 0.121 e. The Bertz CT molecular complexity index is 137. The van der Waals surface area contributed by atoms with Crippen molar-refractivity contribution in [2.45, 2.75) is 32.3 Å². The highest BCUT2D eigenvalue weighted by atomic mass is 19.1. The van der Waals surface area contributed by atoms with Gasteiger partial charge >= 0.3 is 0 Å². The Hall–Kier alpha value is -0.0451. The van der Waals surface area contributed by atoms with Crippen LogP contribution in [-0.2, 0) is 0 Å². The molecule has 0 spiro atoms. The van der Waals surface area contributed by atoms with Crippen molar-refractivity contribution in [1.82, 2.24) is 4.90 Å². The normalized spacial score (nSPS) is 24.7. The Kier molecular flexibility index (Phi) is 3.16. The molecule has 3 heteroatoms. The van der Waals surface area contributed by atoms with E-state index in [9.17, 15) is 4.39 Å². The molecule has 0 aromatic heterocycles. The molecule has 1 nitrogen and oxygen atoms in total. The van der Waals surface area contributed by atoms with Crippen LogP contribution in [0.4, 0.5) is 4.39 Å². The number of halogens is 1. The largest absolute Gasteiger partial charge is 0.303 e. The minimum atomic E-state index is -1.40. The number of likely N-dealkylation sites (tertiary alicyclic amines) is 1. The molecule has 1 fully saturated rings. The van der Waals surface area contributed by atoms with E-state index in [-0.39, 0.29) is 0 Å². The molecule has 0 atom stereocenters. The fraction of sp³-hybridized carbons (Fsp3) is 1.00. The second kappa shape index (κ2) is 3.78. The van der Waals surface area contributed by atoms with Crippen LogP contribution in [0.1, 0.15) is 26.7 Å². The number of rotatable bonds is 2. The van der Waals surface area contributed by atoms with E-state index < -0.39 is 5.57 Å². The second-order valence-corrected chi connectivity index (χ2v) is 4.23. The van der Waals surface area contributed by atoms with Crippen LogP contribution < -0.4 is 0 Å². The zero-order valence-corrected chi connectivity index (χ0v) is 8.02. The SMILES string of the molecule is [B]C1(F)CCN(CC(C)C)CC1. The summed E-state index contributed by atoms with van der Waals surface area (Å²) in [6.45, 7) is 7.05. The highest BCUT2D eigenvalue weighted by Crippen LogP contribution is 2.22. The Morgan fingerprint density at radius 2 is 1.92 bits per heavy atom. The minimum Gasteiger partial charge on any atom is -0.303 e. The van der Waals surface area contributed by atoms with Crippen molar-refractivity contribution in [3.8, 4) is 0 Å². The molecule has 1 heterocycles. The van der Waals surface area contributed by atoms with E-state index in [0.717, 1.165) is 19.6 Å². The monoisotopic (exact) mass is 169 g/mol. The Morgan fingerprint density at radius 1 is 1.42 bits per heavy atom. The summed E-state index contributed by atoms with van der Waals surface area (Å²) in [5, 5.41) is 0. The van der Waals surface area contributed by atoms with Crippen LogP contribution in [0.2, 0.25) is 0 Å². The van der Waals surface area contributed by atoms with Crippen LogP contribution in [0.25, 0.3) is 0 Å². The van der Waals surface area contributed by atoms with Crippen molar-refractivity contribution >= 4 is 7.85 Å². The zero-order valence-electron chi connectivity index (χ0n) is 8.02. The molecule has 68 valence electrons. The first-order chi connectivity index (χ1) is 5.49. The van der Waals surface area contributed by atoms with E-state index >= 15 is 0 Å². The quantitative estimate of drug-likeness (QED) is 0.567. The summed E-state index contributed by atoms with van der Waals surface area (Å²) in [6, 6.07) is 0. The molecule has 1 aliphatic rings. The molecule has 0 unspecified atom stereocenters. The van der Waals surface area contributed by atoms with Gasteiger partial charge in [0, 0.05) is 19.6 Å². The van der Waals surface area contributed by atoms with Crippen molar-refractivity contribution in [2.75, 3.05) is 19.6 Å². The lowest BCUT2D eigenvalue weighted by atomic mass is 9.76. The average molecular weight is 169 g/mol. The molecule has 2 radical (unpaired) electrons. The maximum Gasteiger partial charge on any atom is 0.121 e. The molecule has 1 rings (SSSR count). The maximum atomic E-state index is 13.1. The second-order valence-electron chi connectivity index (χ2n) is 4.23. The number of alkyl halides is 1. The summed E-state index contributed by atoms with van der Waals surface area (Å²) in [4.78, 5) is 2.29. The van der Waals surface area contributed by atoms with Crippen LogP contribution in [0.15, 0.2) is 0 Å². The Balaban J connectivity index is 2.27. The number of hydrogen-bond acceptors (Lipinski definition) is 1. The van der Waals surface area contributed by atoms with E-state index in [2.05, 4.69) is 18.7 Å². The average Bonchev–Trinajstić information content (AvgIpc) is 1.93. The van der Waals surface area contributed by atoms with Crippen LogP contribution >= 0.6 is 0 Å². The summed E-state index contributed by atoms with van der Waals surface area (Å²) in [5.74, 6) is 0.662. The fourth-order valence-electron chi connectivity index (χ4n) is 1.62. The number of piperidine rings is 1. The Labute approximate surface area is 75.7 Å². The van der Waals surface area contributed by atoms with Crippen LogP contribution in [0, 0.1) is 5.92 Å². The lowest BCUT2D eigenvalue weighted by Crippen LogP contribution is -2.43. The van der Waals surface area contributed by atoms with Gasteiger partial charge in [0.25, 0.3) is 0 Å². The summed E-state index contributed by atoms with van der Waals surface area (Å²) in [6.07, 6.45) is 0.972. The third-order valence-corrected chi connectivity index (χ3v) is 2.31. The molecule has 0 aliphatic carbocycles. The molecular formula is C9H17BFN. The van der Waals surface area contributed by atoms with Gasteiger partial charge < -0.3 is 4.90 Å². The lowest BCUT2D eigenvalue weighted by molar-refractivity contribution is 0.113. The van der Waals surface area contributed by atoms with Crippen LogP contribution in [-0.4, -0.2) is 37.9 Å². The molecule has 0 aromatic rings. The predicted molar refractivity (Wildman–Crippen MR) is 50.1 cm³/mol. The van der Waals surface area contributed by atoms with Gasteiger partial charge in [0.1, 0.15) is 7.85 Å². The third-order valence-electron chi connectivity index (χ3n) is 2.31. The molecule has 0 bridgehead atoms. The predicted octanol–water partition coefficient (Wildman–Crippen LogP) is 1.57. The topological polar surface area (TPSA) is 3.24 Å². The molecule has 0 aromatic carbocycles. The molecule has 0 saturated carbocycles. The molecule has 0 N–H and O–H groups in total. The van der Waals surface area contributed by atoms with Crippen molar-refractivity contribution in [1.29, 1.82) is 0 Å². The molecule has 0 amide bonds. The van der Waals surface area contributed by atoms with E-state index in [1.54, 1.807) is 0 Å². The molecule has 1 saturated heterocycles. The van der Waals surface area contributed by atoms with Crippen molar-refractivity contribution in [3.05, 3.63) is 0 Å². The van der Waals surface area contributed by atoms with Gasteiger partial charge in [-0.05, 0) is 18.8 Å². The zero-order chi connectivity index (χ0) is 9.19. The molecular weight excluding hydrogens is 152 g/mol. The Morgan fingerprint density at radius 3 is 2.33 bits per heavy atom. The minimum absolute atomic E-state index is 0.486. The third kappa shape index (κ3) is 3.14. The summed E-state index contributed by atoms with van der Waals surface area (Å²) in [7, 11) is 5.38. The van der Waals surface area contributed by atoms with Gasteiger partial charge in [-0.1, -0.05) is 13.8 Å². The number of hydrogen-bond donors (Lipinski definition) is 0. The van der Waals surface area contributed by atoms with E-state index in [0.29, 0.717) is 18.8 Å². The van der Waals surface area contributed by atoms with Gasteiger partial charge in [-0.15, -0.1) is 0 Å². The highest BCUT2D eigenvalue weighted by Gasteiger charge is 2.28. The van der Waals surface area contributed by atoms with Crippen LogP contribution in [0.3, 0.4) is 0 Å². The summed E-state index contributed by atoms with van der Waals surface area (Å²) in [5.41, 5.74) is -1.40. The standard InChI is InChI=1S/C9H17BFN/c1-8(2)7-12-5-3-9(10,11)4-6-12/h8H,3-7H2,1-2H3. The van der Waals surface area contributed by atoms with Gasteiger partial charge in [-0.3, -0.25) is 4.39 Å². The van der Waals surface area contributed by atoms with Crippen molar-refractivity contribution in [2.24, 2.45) is 5.92 Å². The molecule has 1 aliphatic heterocycles. The fourth-order valence-corrected chi connectivity index (χ4v) is 1.62. The van der Waals surface area contributed by atoms with Crippen molar-refractivity contribution in [3.63, 3.8) is 0 Å². The van der Waals surface area contributed by atoms with E-state index in [4.69, 9.17) is 7.85 Å². The van der Waals surface area contributed by atoms with Crippen LogP contribution in [0.5, 0.6) is 0 Å². The maximum absolute atomic E-state index is 13.1. The van der Waals surface area contributed by atoms with E-state index in [1.165, 1.54) is 0 Å². The highest BCUT2D eigenvalue weighted by molar-refractivity contribution is 6.14. The summed E-state index contributed by atoms with van der Waals surface area (Å²) < 4.78 is 13.1. The van der Waals surface area contributed by atoms with Gasteiger partial charge in [0.05, 0.1) is 5.57 Å². The summed E-state index contributed by atoms with van der Waals surface area (Å²) >= 11 is 0. The molecule has 12 heavy (non-hydrogen) atoms. The first kappa shape index (κ1) is 10.0. The first-order valence-corrected chi connectivity index (χ1v) is 4.70. The van der Waals surface area contributed by atoms with Gasteiger partial charge in [0.15, 0.2) is 0 Å². The first-order valence-electron chi connectivity index (χ1n) is 4.70. The lowest BCUT2D eigenvalue weighted by Gasteiger charge is -2.35. The van der Waals surface area contributed by atoms with Gasteiger partial charge in [-0.25, -0.2) is 0 Å². The van der Waals surface area contributed by atoms with Gasteiger partial charge in [0.2, 0.25) is 0 Å². The number of nitrogens with zero attached hydrogens (tertiary/aromatic N) is 1. The van der Waals surface area contributed by atoms with E-state index in [1.807, 2.05) is 0 Å².